The Bertz CT molecular complexity index is 741. The molecule has 3 nitrogen and oxygen atoms in total. The number of unbranched alkanes of at least 4 members (excludes halogenated alkanes) is 2. The predicted octanol–water partition coefficient (Wildman–Crippen LogP) is 6.47. The van der Waals surface area contributed by atoms with Gasteiger partial charge in [0.2, 0.25) is 0 Å². The van der Waals surface area contributed by atoms with Gasteiger partial charge in [-0.05, 0) is 84.1 Å². The van der Waals surface area contributed by atoms with Crippen molar-refractivity contribution >= 4 is 12.0 Å². The van der Waals surface area contributed by atoms with E-state index in [1.54, 1.807) is 0 Å². The van der Waals surface area contributed by atoms with Crippen molar-refractivity contribution in [2.45, 2.75) is 91.7 Å². The lowest BCUT2D eigenvalue weighted by atomic mass is 9.91. The highest BCUT2D eigenvalue weighted by atomic mass is 16.5. The average molecular weight is 384 g/mol. The van der Waals surface area contributed by atoms with E-state index in [-0.39, 0.29) is 17.6 Å². The summed E-state index contributed by atoms with van der Waals surface area (Å²) in [6.07, 6.45) is 12.8. The van der Waals surface area contributed by atoms with Crippen LogP contribution in [0.5, 0.6) is 5.75 Å². The van der Waals surface area contributed by atoms with E-state index < -0.39 is 0 Å². The third-order valence-electron chi connectivity index (χ3n) is 5.10. The van der Waals surface area contributed by atoms with Crippen molar-refractivity contribution in [1.29, 1.82) is 0 Å². The lowest BCUT2D eigenvalue weighted by molar-refractivity contribution is 0.0942. The molecule has 3 heteroatoms. The zero-order valence-electron chi connectivity index (χ0n) is 18.5. The topological polar surface area (TPSA) is 38.3 Å². The molecule has 0 radical (unpaired) electrons. The lowest BCUT2D eigenvalue weighted by Gasteiger charge is -2.32. The molecule has 1 aromatic rings. The van der Waals surface area contributed by atoms with Gasteiger partial charge in [0, 0.05) is 17.2 Å². The quantitative estimate of drug-likeness (QED) is 0.392. The Morgan fingerprint density at radius 3 is 2.64 bits per heavy atom. The first-order chi connectivity index (χ1) is 13.2. The molecule has 28 heavy (non-hydrogen) atoms. The van der Waals surface area contributed by atoms with E-state index in [9.17, 15) is 4.79 Å². The number of carbonyl (C=O) groups is 1. The maximum atomic E-state index is 12.7. The molecule has 1 atom stereocenters. The number of nitrogens with one attached hydrogen (secondary N) is 1. The lowest BCUT2D eigenvalue weighted by Crippen LogP contribution is -2.33. The number of rotatable bonds is 9. The second kappa shape index (κ2) is 9.95. The minimum Gasteiger partial charge on any atom is -0.483 e. The van der Waals surface area contributed by atoms with Gasteiger partial charge in [0.25, 0.3) is 5.91 Å². The third-order valence-corrected chi connectivity index (χ3v) is 5.10. The van der Waals surface area contributed by atoms with Crippen LogP contribution < -0.4 is 10.1 Å². The monoisotopic (exact) mass is 383 g/mol. The van der Waals surface area contributed by atoms with E-state index in [0.717, 1.165) is 48.1 Å². The van der Waals surface area contributed by atoms with Crippen LogP contribution in [0.3, 0.4) is 0 Å². The third kappa shape index (κ3) is 6.25. The second-order valence-electron chi connectivity index (χ2n) is 8.70. The van der Waals surface area contributed by atoms with Crippen LogP contribution >= 0.6 is 0 Å². The van der Waals surface area contributed by atoms with Crippen molar-refractivity contribution in [2.24, 2.45) is 0 Å². The van der Waals surface area contributed by atoms with Gasteiger partial charge in [0.15, 0.2) is 0 Å². The normalized spacial score (nSPS) is 17.8. The van der Waals surface area contributed by atoms with Crippen molar-refractivity contribution in [3.8, 4) is 5.75 Å². The molecule has 0 aliphatic carbocycles. The second-order valence-corrected chi connectivity index (χ2v) is 8.70. The molecule has 1 N–H and O–H groups in total. The molecule has 1 aliphatic rings. The van der Waals surface area contributed by atoms with E-state index in [4.69, 9.17) is 4.74 Å². The van der Waals surface area contributed by atoms with Crippen LogP contribution in [0.25, 0.3) is 6.08 Å². The average Bonchev–Trinajstić information content (AvgIpc) is 2.60. The summed E-state index contributed by atoms with van der Waals surface area (Å²) in [5.74, 6) is 0.907. The first-order valence-corrected chi connectivity index (χ1v) is 10.7. The van der Waals surface area contributed by atoms with Gasteiger partial charge < -0.3 is 10.1 Å². The summed E-state index contributed by atoms with van der Waals surface area (Å²) < 4.78 is 6.42. The molecule has 0 saturated heterocycles. The minimum absolute atomic E-state index is 0.00888. The van der Waals surface area contributed by atoms with Crippen LogP contribution in [-0.4, -0.2) is 17.6 Å². The summed E-state index contributed by atoms with van der Waals surface area (Å²) in [6.45, 7) is 12.6. The first kappa shape index (κ1) is 22.3. The SMILES string of the molecule is CCCCCc1cc2c(cc1C(=O)NC(C)C)C=CC(C)(CCC=C(C)C)O2. The van der Waals surface area contributed by atoms with Crippen molar-refractivity contribution < 1.29 is 9.53 Å². The molecule has 1 aromatic carbocycles. The Morgan fingerprint density at radius 1 is 1.25 bits per heavy atom. The zero-order valence-corrected chi connectivity index (χ0v) is 18.5. The van der Waals surface area contributed by atoms with Gasteiger partial charge in [-0.2, -0.15) is 0 Å². The number of allylic oxidation sites excluding steroid dienone is 2. The molecular formula is C25H37NO2. The van der Waals surface area contributed by atoms with Crippen LogP contribution in [0.2, 0.25) is 0 Å². The number of hydrogen-bond donors (Lipinski definition) is 1. The molecule has 154 valence electrons. The van der Waals surface area contributed by atoms with Crippen LogP contribution in [0.1, 0.15) is 95.1 Å². The Balaban J connectivity index is 2.29. The van der Waals surface area contributed by atoms with Gasteiger partial charge in [-0.3, -0.25) is 4.79 Å². The summed E-state index contributed by atoms with van der Waals surface area (Å²) in [5, 5.41) is 3.04. The van der Waals surface area contributed by atoms with Crippen LogP contribution in [-0.2, 0) is 6.42 Å². The summed E-state index contributed by atoms with van der Waals surface area (Å²) in [5.41, 5.74) is 3.90. The molecule has 0 bridgehead atoms. The molecule has 1 unspecified atom stereocenters. The Labute approximate surface area is 171 Å². The van der Waals surface area contributed by atoms with E-state index in [2.05, 4.69) is 57.3 Å². The molecule has 0 fully saturated rings. The van der Waals surface area contributed by atoms with E-state index in [0.29, 0.717) is 0 Å². The van der Waals surface area contributed by atoms with Crippen molar-refractivity contribution in [2.75, 3.05) is 0 Å². The van der Waals surface area contributed by atoms with Gasteiger partial charge in [-0.25, -0.2) is 0 Å². The molecule has 0 aromatic heterocycles. The van der Waals surface area contributed by atoms with Gasteiger partial charge in [-0.1, -0.05) is 37.5 Å². The van der Waals surface area contributed by atoms with Crippen molar-refractivity contribution in [3.63, 3.8) is 0 Å². The van der Waals surface area contributed by atoms with Gasteiger partial charge in [-0.15, -0.1) is 0 Å². The van der Waals surface area contributed by atoms with E-state index in [1.165, 1.54) is 18.4 Å². The molecule has 0 spiro atoms. The van der Waals surface area contributed by atoms with E-state index >= 15 is 0 Å². The fourth-order valence-corrected chi connectivity index (χ4v) is 3.51. The maximum absolute atomic E-state index is 12.7. The smallest absolute Gasteiger partial charge is 0.251 e. The van der Waals surface area contributed by atoms with E-state index in [1.807, 2.05) is 19.9 Å². The molecule has 1 heterocycles. The Morgan fingerprint density at radius 2 is 2.00 bits per heavy atom. The number of carbonyl (C=O) groups excluding carboxylic acids is 1. The fourth-order valence-electron chi connectivity index (χ4n) is 3.51. The number of fused-ring (bicyclic) bond motifs is 1. The number of aryl methyl sites for hydroxylation is 1. The highest BCUT2D eigenvalue weighted by Crippen LogP contribution is 2.36. The first-order valence-electron chi connectivity index (χ1n) is 10.7. The molecule has 0 saturated carbocycles. The molecule has 2 rings (SSSR count). The summed E-state index contributed by atoms with van der Waals surface area (Å²) in [4.78, 5) is 12.7. The largest absolute Gasteiger partial charge is 0.483 e. The number of amides is 1. The maximum Gasteiger partial charge on any atom is 0.251 e. The summed E-state index contributed by atoms with van der Waals surface area (Å²) in [7, 11) is 0. The Kier molecular flexibility index (Phi) is 7.91. The molecule has 1 aliphatic heterocycles. The van der Waals surface area contributed by atoms with Crippen molar-refractivity contribution in [1.82, 2.24) is 5.32 Å². The van der Waals surface area contributed by atoms with Crippen LogP contribution in [0.15, 0.2) is 29.9 Å². The predicted molar refractivity (Wildman–Crippen MR) is 119 cm³/mol. The van der Waals surface area contributed by atoms with Gasteiger partial charge >= 0.3 is 0 Å². The number of benzene rings is 1. The van der Waals surface area contributed by atoms with Crippen LogP contribution in [0.4, 0.5) is 0 Å². The van der Waals surface area contributed by atoms with Crippen molar-refractivity contribution in [3.05, 3.63) is 46.5 Å². The minimum atomic E-state index is -0.304. The number of hydrogen-bond acceptors (Lipinski definition) is 2. The van der Waals surface area contributed by atoms with Crippen LogP contribution in [0, 0.1) is 0 Å². The summed E-state index contributed by atoms with van der Waals surface area (Å²) in [6, 6.07) is 4.22. The summed E-state index contributed by atoms with van der Waals surface area (Å²) >= 11 is 0. The molecular weight excluding hydrogens is 346 g/mol. The Hall–Kier alpha value is -2.03. The standard InChI is InChI=1S/C25H37NO2/c1-7-8-9-12-20-17-23-21(16-22(20)24(27)26-19(4)5)13-15-25(6,28-23)14-10-11-18(2)3/h11,13,15-17,19H,7-10,12,14H2,1-6H3,(H,26,27). The van der Waals surface area contributed by atoms with Gasteiger partial charge in [0.05, 0.1) is 0 Å². The highest BCUT2D eigenvalue weighted by molar-refractivity contribution is 5.97. The zero-order chi connectivity index (χ0) is 20.7. The van der Waals surface area contributed by atoms with Gasteiger partial charge in [0.1, 0.15) is 11.4 Å². The highest BCUT2D eigenvalue weighted by Gasteiger charge is 2.28. The number of ether oxygens (including phenoxy) is 1. The molecule has 1 amide bonds. The fraction of sp³-hybridized carbons (Fsp3) is 0.560.